The highest BCUT2D eigenvalue weighted by atomic mass is 32.2. The predicted octanol–water partition coefficient (Wildman–Crippen LogP) is 1.11. The molecule has 2 aromatic heterocycles. The molecular formula is C19H24N7O4S. The van der Waals surface area contributed by atoms with E-state index in [1.54, 1.807) is 6.92 Å². The van der Waals surface area contributed by atoms with Gasteiger partial charge in [-0.05, 0) is 18.9 Å². The van der Waals surface area contributed by atoms with E-state index in [1.165, 1.54) is 16.5 Å². The lowest BCUT2D eigenvalue weighted by molar-refractivity contribution is 0.214. The molecule has 0 bridgehead atoms. The molecule has 1 amide bonds. The maximum Gasteiger partial charge on any atom is 0.339 e. The molecule has 0 saturated heterocycles. The topological polar surface area (TPSA) is 145 Å². The lowest BCUT2D eigenvalue weighted by atomic mass is 10.2. The zero-order valence-corrected chi connectivity index (χ0v) is 18.1. The molecule has 0 fully saturated rings. The zero-order valence-electron chi connectivity index (χ0n) is 17.3. The molecule has 0 aliphatic heterocycles. The Morgan fingerprint density at radius 3 is 2.55 bits per heavy atom. The Labute approximate surface area is 179 Å². The number of carbonyl (C=O) groups excluding carboxylic acids is 1. The molecule has 2 heterocycles. The number of rotatable bonds is 7. The van der Waals surface area contributed by atoms with Gasteiger partial charge in [0.05, 0.1) is 12.3 Å². The summed E-state index contributed by atoms with van der Waals surface area (Å²) in [6, 6.07) is 8.45. The Kier molecular flexibility index (Phi) is 6.29. The molecule has 12 heteroatoms. The maximum atomic E-state index is 13.2. The van der Waals surface area contributed by atoms with Crippen molar-refractivity contribution in [2.45, 2.75) is 19.9 Å². The van der Waals surface area contributed by atoms with Crippen LogP contribution in [0, 0.1) is 6.92 Å². The Hall–Kier alpha value is -3.41. The molecule has 3 rings (SSSR count). The number of anilines is 2. The smallest absolute Gasteiger partial charge is 0.339 e. The quantitative estimate of drug-likeness (QED) is 0.553. The monoisotopic (exact) mass is 446 g/mol. The van der Waals surface area contributed by atoms with Crippen LogP contribution in [0.3, 0.4) is 0 Å². The van der Waals surface area contributed by atoms with E-state index in [2.05, 4.69) is 21.6 Å². The minimum atomic E-state index is -3.69. The van der Waals surface area contributed by atoms with E-state index in [1.807, 2.05) is 30.3 Å². The number of amides is 1. The van der Waals surface area contributed by atoms with Crippen LogP contribution in [0.5, 0.6) is 0 Å². The second-order valence-corrected chi connectivity index (χ2v) is 8.76. The molecule has 0 unspecified atom stereocenters. The van der Waals surface area contributed by atoms with Crippen LogP contribution in [-0.4, -0.2) is 57.8 Å². The Balaban J connectivity index is 2.25. The van der Waals surface area contributed by atoms with Crippen molar-refractivity contribution in [1.29, 1.82) is 0 Å². The minimum Gasteiger partial charge on any atom is -0.382 e. The van der Waals surface area contributed by atoms with E-state index in [4.69, 9.17) is 5.73 Å². The van der Waals surface area contributed by atoms with Gasteiger partial charge in [-0.3, -0.25) is 9.29 Å². The average Bonchev–Trinajstić information content (AvgIpc) is 2.99. The number of nitrogens with one attached hydrogen (secondary N) is 1. The fourth-order valence-electron chi connectivity index (χ4n) is 3.03. The van der Waals surface area contributed by atoms with Crippen molar-refractivity contribution in [2.24, 2.45) is 0 Å². The van der Waals surface area contributed by atoms with E-state index in [9.17, 15) is 18.0 Å². The van der Waals surface area contributed by atoms with Crippen LogP contribution >= 0.6 is 0 Å². The van der Waals surface area contributed by atoms with E-state index in [0.717, 1.165) is 10.1 Å². The van der Waals surface area contributed by atoms with Gasteiger partial charge in [0.1, 0.15) is 5.52 Å². The van der Waals surface area contributed by atoms with Gasteiger partial charge >= 0.3 is 11.7 Å². The normalized spacial score (nSPS) is 11.6. The van der Waals surface area contributed by atoms with Crippen LogP contribution in [0.4, 0.5) is 16.6 Å². The molecule has 165 valence electrons. The van der Waals surface area contributed by atoms with Gasteiger partial charge in [-0.1, -0.05) is 37.3 Å². The van der Waals surface area contributed by atoms with Gasteiger partial charge in [-0.25, -0.2) is 22.6 Å². The van der Waals surface area contributed by atoms with E-state index in [0.29, 0.717) is 6.42 Å². The van der Waals surface area contributed by atoms with Crippen LogP contribution in [0.1, 0.15) is 18.9 Å². The summed E-state index contributed by atoms with van der Waals surface area (Å²) >= 11 is 0. The molecule has 0 saturated carbocycles. The number of aromatic nitrogens is 4. The first-order chi connectivity index (χ1) is 14.7. The van der Waals surface area contributed by atoms with Gasteiger partial charge in [-0.15, -0.1) is 0 Å². The van der Waals surface area contributed by atoms with Crippen molar-refractivity contribution < 1.29 is 13.2 Å². The Bertz CT molecular complexity index is 1270. The number of sulfonamides is 1. The molecule has 3 N–H and O–H groups in total. The zero-order chi connectivity index (χ0) is 22.8. The van der Waals surface area contributed by atoms with Gasteiger partial charge < -0.3 is 10.6 Å². The van der Waals surface area contributed by atoms with Crippen LogP contribution < -0.4 is 16.1 Å². The number of benzene rings is 1. The number of nitrogens with zero attached hydrogens (tertiary/aromatic N) is 5. The summed E-state index contributed by atoms with van der Waals surface area (Å²) in [7, 11) is -2.19. The molecular weight excluding hydrogens is 422 g/mol. The largest absolute Gasteiger partial charge is 0.382 e. The van der Waals surface area contributed by atoms with Gasteiger partial charge in [0.25, 0.3) is 0 Å². The lowest BCUT2D eigenvalue weighted by Crippen LogP contribution is -2.38. The summed E-state index contributed by atoms with van der Waals surface area (Å²) in [6.45, 7) is 5.59. The molecule has 1 radical (unpaired) electrons. The standard InChI is InChI=1S/C19H24N7O4S/c1-4-11-31(29,30)23-17-21-15(20)14-16(22-17)25(12-13-9-7-6-8-10-13)19(28)26(14)18(27)24(3)5-2/h6-10H,2,4-5,11-12H2,1,3H3,(H3,20,21,22,23). The first-order valence-corrected chi connectivity index (χ1v) is 11.2. The van der Waals surface area contributed by atoms with Crippen molar-refractivity contribution in [2.75, 3.05) is 29.8 Å². The Morgan fingerprint density at radius 1 is 1.26 bits per heavy atom. The van der Waals surface area contributed by atoms with Gasteiger partial charge in [0.15, 0.2) is 11.5 Å². The number of imidazole rings is 1. The number of nitrogen functional groups attached to an aromatic ring is 1. The highest BCUT2D eigenvalue weighted by Gasteiger charge is 2.26. The third-order valence-corrected chi connectivity index (χ3v) is 5.99. The van der Waals surface area contributed by atoms with Crippen LogP contribution in [0.15, 0.2) is 35.1 Å². The van der Waals surface area contributed by atoms with Crippen LogP contribution in [-0.2, 0) is 16.6 Å². The van der Waals surface area contributed by atoms with E-state index in [-0.39, 0.29) is 41.8 Å². The SMILES string of the molecule is [CH2]CN(C)C(=O)n1c(=O)n(Cc2ccccc2)c2nc(NS(=O)(=O)CCC)nc(N)c21. The van der Waals surface area contributed by atoms with Gasteiger partial charge in [0.2, 0.25) is 16.0 Å². The molecule has 11 nitrogen and oxygen atoms in total. The second kappa shape index (κ2) is 8.76. The summed E-state index contributed by atoms with van der Waals surface area (Å²) < 4.78 is 28.7. The molecule has 0 aliphatic rings. The van der Waals surface area contributed by atoms with Crippen molar-refractivity contribution >= 4 is 39.0 Å². The molecule has 0 atom stereocenters. The summed E-state index contributed by atoms with van der Waals surface area (Å²) in [5.41, 5.74) is 6.22. The van der Waals surface area contributed by atoms with E-state index >= 15 is 0 Å². The third kappa shape index (κ3) is 4.53. The van der Waals surface area contributed by atoms with E-state index < -0.39 is 21.7 Å². The molecule has 0 aliphatic carbocycles. The summed E-state index contributed by atoms with van der Waals surface area (Å²) in [5.74, 6) is -0.594. The fraction of sp³-hybridized carbons (Fsp3) is 0.316. The second-order valence-electron chi connectivity index (χ2n) is 6.92. The average molecular weight is 447 g/mol. The first kappa shape index (κ1) is 22.3. The van der Waals surface area contributed by atoms with Gasteiger partial charge in [-0.2, -0.15) is 9.97 Å². The molecule has 3 aromatic rings. The highest BCUT2D eigenvalue weighted by molar-refractivity contribution is 7.92. The summed E-state index contributed by atoms with van der Waals surface area (Å²) in [6.07, 6.45) is 0.397. The number of hydrogen-bond donors (Lipinski definition) is 2. The van der Waals surface area contributed by atoms with Crippen LogP contribution in [0.25, 0.3) is 11.2 Å². The van der Waals surface area contributed by atoms with Crippen molar-refractivity contribution in [3.63, 3.8) is 0 Å². The van der Waals surface area contributed by atoms with Crippen molar-refractivity contribution in [1.82, 2.24) is 24.0 Å². The first-order valence-electron chi connectivity index (χ1n) is 9.56. The molecule has 1 aromatic carbocycles. The predicted molar refractivity (Wildman–Crippen MR) is 118 cm³/mol. The van der Waals surface area contributed by atoms with Gasteiger partial charge in [0, 0.05) is 13.6 Å². The highest BCUT2D eigenvalue weighted by Crippen LogP contribution is 2.21. The minimum absolute atomic E-state index is 0.00432. The molecule has 0 spiro atoms. The summed E-state index contributed by atoms with van der Waals surface area (Å²) in [4.78, 5) is 35.5. The lowest BCUT2D eigenvalue weighted by Gasteiger charge is -2.14. The summed E-state index contributed by atoms with van der Waals surface area (Å²) in [5, 5.41) is 0. The Morgan fingerprint density at radius 2 is 1.94 bits per heavy atom. The number of hydrogen-bond acceptors (Lipinski definition) is 7. The number of nitrogens with two attached hydrogens (primary N) is 1. The molecule has 31 heavy (non-hydrogen) atoms. The van der Waals surface area contributed by atoms with Crippen molar-refractivity contribution in [3.8, 4) is 0 Å². The van der Waals surface area contributed by atoms with Crippen molar-refractivity contribution in [3.05, 3.63) is 53.3 Å². The number of fused-ring (bicyclic) bond motifs is 1. The van der Waals surface area contributed by atoms with Crippen LogP contribution in [0.2, 0.25) is 0 Å². The fourth-order valence-corrected chi connectivity index (χ4v) is 4.04. The third-order valence-electron chi connectivity index (χ3n) is 4.55. The maximum absolute atomic E-state index is 13.2. The number of carbonyl (C=O) groups is 1.